The van der Waals surface area contributed by atoms with E-state index in [1.54, 1.807) is 0 Å². The zero-order chi connectivity index (χ0) is 12.9. The molecule has 0 heterocycles. The summed E-state index contributed by atoms with van der Waals surface area (Å²) in [5.74, 6) is 0.776. The Bertz CT molecular complexity index is 435. The van der Waals surface area contributed by atoms with Gasteiger partial charge in [0.05, 0.1) is 5.75 Å². The van der Waals surface area contributed by atoms with Gasteiger partial charge in [-0.25, -0.2) is 8.42 Å². The minimum Gasteiger partial charge on any atom is -0.284 e. The summed E-state index contributed by atoms with van der Waals surface area (Å²) in [5, 5.41) is 0. The lowest BCUT2D eigenvalue weighted by atomic mass is 10.0. The van der Waals surface area contributed by atoms with Crippen molar-refractivity contribution in [3.63, 3.8) is 0 Å². The molecule has 0 radical (unpaired) electrons. The summed E-state index contributed by atoms with van der Waals surface area (Å²) in [6, 6.07) is 7.60. The quantitative estimate of drug-likeness (QED) is 0.849. The number of hydrogen-bond donors (Lipinski definition) is 1. The Morgan fingerprint density at radius 2 is 1.76 bits per heavy atom. The van der Waals surface area contributed by atoms with Crippen LogP contribution in [0.4, 0.5) is 5.69 Å². The molecular weight excluding hydrogens is 234 g/mol. The third kappa shape index (κ3) is 5.22. The van der Waals surface area contributed by atoms with E-state index in [1.807, 2.05) is 31.2 Å². The van der Waals surface area contributed by atoms with Crippen LogP contribution in [0.2, 0.25) is 0 Å². The van der Waals surface area contributed by atoms with Gasteiger partial charge in [-0.15, -0.1) is 0 Å². The highest BCUT2D eigenvalue weighted by atomic mass is 32.2. The molecule has 1 N–H and O–H groups in total. The largest absolute Gasteiger partial charge is 0.284 e. The van der Waals surface area contributed by atoms with Crippen molar-refractivity contribution in [1.29, 1.82) is 0 Å². The van der Waals surface area contributed by atoms with Crippen LogP contribution in [0, 0.1) is 5.92 Å². The van der Waals surface area contributed by atoms with Gasteiger partial charge in [0.25, 0.3) is 0 Å². The molecule has 0 aliphatic rings. The Morgan fingerprint density at radius 1 is 1.18 bits per heavy atom. The zero-order valence-corrected chi connectivity index (χ0v) is 11.5. The first kappa shape index (κ1) is 14.0. The highest BCUT2D eigenvalue weighted by molar-refractivity contribution is 7.92. The van der Waals surface area contributed by atoms with E-state index in [1.165, 1.54) is 5.56 Å². The average molecular weight is 255 g/mol. The second-order valence-electron chi connectivity index (χ2n) is 4.72. The molecule has 1 aromatic rings. The molecule has 0 atom stereocenters. The van der Waals surface area contributed by atoms with E-state index in [-0.39, 0.29) is 5.75 Å². The number of sulfonamides is 1. The van der Waals surface area contributed by atoms with Gasteiger partial charge >= 0.3 is 0 Å². The monoisotopic (exact) mass is 255 g/mol. The molecule has 0 amide bonds. The summed E-state index contributed by atoms with van der Waals surface area (Å²) < 4.78 is 25.7. The molecule has 0 saturated heterocycles. The molecule has 1 rings (SSSR count). The topological polar surface area (TPSA) is 46.2 Å². The van der Waals surface area contributed by atoms with Crippen molar-refractivity contribution < 1.29 is 8.42 Å². The fourth-order valence-electron chi connectivity index (χ4n) is 1.68. The van der Waals surface area contributed by atoms with Crippen LogP contribution >= 0.6 is 0 Å². The molecule has 0 spiro atoms. The Morgan fingerprint density at radius 3 is 2.24 bits per heavy atom. The maximum absolute atomic E-state index is 11.6. The molecule has 0 fully saturated rings. The van der Waals surface area contributed by atoms with Crippen LogP contribution in [0.15, 0.2) is 24.3 Å². The molecule has 0 aliphatic heterocycles. The molecule has 0 bridgehead atoms. The summed E-state index contributed by atoms with van der Waals surface area (Å²) in [6.45, 7) is 6.18. The Balaban J connectivity index is 2.68. The van der Waals surface area contributed by atoms with Crippen molar-refractivity contribution in [3.8, 4) is 0 Å². The van der Waals surface area contributed by atoms with Crippen LogP contribution in [0.3, 0.4) is 0 Å². The number of rotatable bonds is 6. The summed E-state index contributed by atoms with van der Waals surface area (Å²) in [4.78, 5) is 0. The second kappa shape index (κ2) is 6.05. The average Bonchev–Trinajstić information content (AvgIpc) is 2.19. The summed E-state index contributed by atoms with van der Waals surface area (Å²) >= 11 is 0. The van der Waals surface area contributed by atoms with Crippen molar-refractivity contribution >= 4 is 15.7 Å². The minimum atomic E-state index is -3.17. The molecule has 1 aromatic carbocycles. The molecule has 3 nitrogen and oxygen atoms in total. The van der Waals surface area contributed by atoms with E-state index in [4.69, 9.17) is 0 Å². The lowest BCUT2D eigenvalue weighted by Crippen LogP contribution is -2.16. The third-order valence-corrected chi connectivity index (χ3v) is 3.84. The lowest BCUT2D eigenvalue weighted by Gasteiger charge is -2.09. The smallest absolute Gasteiger partial charge is 0.232 e. The van der Waals surface area contributed by atoms with Crippen molar-refractivity contribution in [1.82, 2.24) is 0 Å². The molecule has 0 saturated carbocycles. The van der Waals surface area contributed by atoms with Crippen molar-refractivity contribution in [3.05, 3.63) is 29.8 Å². The third-order valence-electron chi connectivity index (χ3n) is 2.34. The number of benzene rings is 1. The predicted octanol–water partition coefficient (Wildman–Crippen LogP) is 3.04. The predicted molar refractivity (Wildman–Crippen MR) is 72.7 cm³/mol. The minimum absolute atomic E-state index is 0.167. The van der Waals surface area contributed by atoms with E-state index in [9.17, 15) is 8.42 Å². The highest BCUT2D eigenvalue weighted by Gasteiger charge is 2.08. The van der Waals surface area contributed by atoms with Crippen LogP contribution < -0.4 is 4.72 Å². The van der Waals surface area contributed by atoms with E-state index in [0.717, 1.165) is 6.42 Å². The summed E-state index contributed by atoms with van der Waals surface area (Å²) in [6.07, 6.45) is 1.64. The van der Waals surface area contributed by atoms with E-state index in [2.05, 4.69) is 18.6 Å². The van der Waals surface area contributed by atoms with Gasteiger partial charge in [0, 0.05) is 5.69 Å². The van der Waals surface area contributed by atoms with Gasteiger partial charge in [-0.1, -0.05) is 32.9 Å². The zero-order valence-electron chi connectivity index (χ0n) is 10.7. The van der Waals surface area contributed by atoms with Gasteiger partial charge in [-0.3, -0.25) is 4.72 Å². The number of anilines is 1. The Kier molecular flexibility index (Phi) is 5.00. The van der Waals surface area contributed by atoms with Crippen molar-refractivity contribution in [2.75, 3.05) is 10.5 Å². The maximum Gasteiger partial charge on any atom is 0.232 e. The maximum atomic E-state index is 11.6. The van der Waals surface area contributed by atoms with Crippen LogP contribution in [-0.2, 0) is 16.4 Å². The van der Waals surface area contributed by atoms with Crippen LogP contribution in [0.1, 0.15) is 32.8 Å². The Labute approximate surface area is 104 Å². The molecule has 4 heteroatoms. The molecule has 17 heavy (non-hydrogen) atoms. The number of hydrogen-bond acceptors (Lipinski definition) is 2. The first-order valence-electron chi connectivity index (χ1n) is 6.02. The first-order valence-corrected chi connectivity index (χ1v) is 7.67. The highest BCUT2D eigenvalue weighted by Crippen LogP contribution is 2.14. The lowest BCUT2D eigenvalue weighted by molar-refractivity contribution is 0.600. The Hall–Kier alpha value is -1.03. The van der Waals surface area contributed by atoms with Crippen molar-refractivity contribution in [2.24, 2.45) is 5.92 Å². The molecule has 0 aliphatic carbocycles. The summed E-state index contributed by atoms with van der Waals surface area (Å²) in [7, 11) is -3.17. The van der Waals surface area contributed by atoms with Gasteiger partial charge in [0.15, 0.2) is 0 Å². The van der Waals surface area contributed by atoms with Gasteiger partial charge in [-0.05, 0) is 36.5 Å². The standard InChI is InChI=1S/C13H21NO2S/c1-4-9-17(15,16)14-13-7-5-12(6-8-13)10-11(2)3/h5-8,11,14H,4,9-10H2,1-3H3. The van der Waals surface area contributed by atoms with Gasteiger partial charge in [0.1, 0.15) is 0 Å². The van der Waals surface area contributed by atoms with Crippen LogP contribution in [-0.4, -0.2) is 14.2 Å². The summed E-state index contributed by atoms with van der Waals surface area (Å²) in [5.41, 5.74) is 1.88. The van der Waals surface area contributed by atoms with Crippen LogP contribution in [0.5, 0.6) is 0 Å². The van der Waals surface area contributed by atoms with E-state index >= 15 is 0 Å². The van der Waals surface area contributed by atoms with Gasteiger partial charge in [0.2, 0.25) is 10.0 Å². The van der Waals surface area contributed by atoms with E-state index < -0.39 is 10.0 Å². The van der Waals surface area contributed by atoms with E-state index in [0.29, 0.717) is 18.0 Å². The van der Waals surface area contributed by atoms with Crippen molar-refractivity contribution in [2.45, 2.75) is 33.6 Å². The van der Waals surface area contributed by atoms with Crippen LogP contribution in [0.25, 0.3) is 0 Å². The molecule has 96 valence electrons. The SMILES string of the molecule is CCCS(=O)(=O)Nc1ccc(CC(C)C)cc1. The fourth-order valence-corrected chi connectivity index (χ4v) is 2.81. The molecule has 0 aromatic heterocycles. The second-order valence-corrected chi connectivity index (χ2v) is 6.56. The fraction of sp³-hybridized carbons (Fsp3) is 0.538. The van der Waals surface area contributed by atoms with Gasteiger partial charge < -0.3 is 0 Å². The van der Waals surface area contributed by atoms with Gasteiger partial charge in [-0.2, -0.15) is 0 Å². The number of nitrogens with one attached hydrogen (secondary N) is 1. The normalized spacial score (nSPS) is 11.8. The molecular formula is C13H21NO2S. The molecule has 0 unspecified atom stereocenters. The first-order chi connectivity index (χ1) is 7.93.